The van der Waals surface area contributed by atoms with Crippen molar-refractivity contribution in [1.29, 1.82) is 0 Å². The summed E-state index contributed by atoms with van der Waals surface area (Å²) >= 11 is 0. The van der Waals surface area contributed by atoms with Gasteiger partial charge in [0.25, 0.3) is 0 Å². The van der Waals surface area contributed by atoms with Crippen LogP contribution in [-0.4, -0.2) is 17.8 Å². The zero-order chi connectivity index (χ0) is 12.1. The largest absolute Gasteiger partial charge is 0.328 e. The normalized spacial score (nSPS) is 18.1. The molecule has 0 radical (unpaired) electrons. The number of nitrogens with one attached hydrogen (secondary N) is 2. The van der Waals surface area contributed by atoms with Gasteiger partial charge in [0, 0.05) is 0 Å². The predicted octanol–water partition coefficient (Wildman–Crippen LogP) is 0.961. The Morgan fingerprint density at radius 3 is 2.19 bits per heavy atom. The molecule has 0 bridgehead atoms. The summed E-state index contributed by atoms with van der Waals surface area (Å²) in [4.78, 5) is 33.4. The number of allylic oxidation sites excluding steroid dienone is 2. The summed E-state index contributed by atoms with van der Waals surface area (Å²) in [6, 6.07) is -0.739. The van der Waals surface area contributed by atoms with Crippen LogP contribution in [0.2, 0.25) is 0 Å². The van der Waals surface area contributed by atoms with E-state index < -0.39 is 23.8 Å². The van der Waals surface area contributed by atoms with Gasteiger partial charge in [0.05, 0.1) is 0 Å². The van der Waals surface area contributed by atoms with Crippen LogP contribution < -0.4 is 10.6 Å². The highest BCUT2D eigenvalue weighted by Gasteiger charge is 2.32. The highest BCUT2D eigenvalue weighted by Crippen LogP contribution is 2.09. The molecule has 1 aliphatic heterocycles. The Hall–Kier alpha value is -1.65. The zero-order valence-corrected chi connectivity index (χ0v) is 9.45. The molecule has 4 amide bonds. The first-order valence-electron chi connectivity index (χ1n) is 5.31. The Kier molecular flexibility index (Phi) is 4.22. The molecule has 1 fully saturated rings. The smallest absolute Gasteiger partial charge is 0.277 e. The second-order valence-electron chi connectivity index (χ2n) is 4.20. The lowest BCUT2D eigenvalue weighted by molar-refractivity contribution is -0.135. The molecule has 5 heteroatoms. The first kappa shape index (κ1) is 12.4. The van der Waals surface area contributed by atoms with Crippen LogP contribution in [-0.2, 0) is 9.59 Å². The third-order valence-corrected chi connectivity index (χ3v) is 2.25. The van der Waals surface area contributed by atoms with Gasteiger partial charge in [0.1, 0.15) is 5.92 Å². The van der Waals surface area contributed by atoms with Crippen molar-refractivity contribution < 1.29 is 14.4 Å². The molecule has 88 valence electrons. The van der Waals surface area contributed by atoms with Crippen LogP contribution >= 0.6 is 0 Å². The van der Waals surface area contributed by atoms with Gasteiger partial charge in [0.15, 0.2) is 0 Å². The third kappa shape index (κ3) is 3.49. The molecule has 0 aliphatic carbocycles. The molecular formula is C11H16N2O3. The lowest BCUT2D eigenvalue weighted by Gasteiger charge is -2.19. The van der Waals surface area contributed by atoms with Crippen LogP contribution in [0.3, 0.4) is 0 Å². The molecule has 1 rings (SSSR count). The van der Waals surface area contributed by atoms with Gasteiger partial charge < -0.3 is 0 Å². The molecular weight excluding hydrogens is 208 g/mol. The van der Waals surface area contributed by atoms with E-state index in [1.807, 2.05) is 6.08 Å². The Morgan fingerprint density at radius 2 is 1.69 bits per heavy atom. The van der Waals surface area contributed by atoms with E-state index in [0.717, 1.165) is 6.42 Å². The zero-order valence-electron chi connectivity index (χ0n) is 9.45. The Balaban J connectivity index is 2.47. The van der Waals surface area contributed by atoms with Crippen molar-refractivity contribution in [2.75, 3.05) is 0 Å². The van der Waals surface area contributed by atoms with Crippen LogP contribution in [0.5, 0.6) is 0 Å². The van der Waals surface area contributed by atoms with E-state index in [4.69, 9.17) is 0 Å². The van der Waals surface area contributed by atoms with E-state index in [2.05, 4.69) is 24.5 Å². The molecule has 5 nitrogen and oxygen atoms in total. The summed E-state index contributed by atoms with van der Waals surface area (Å²) in [5, 5.41) is 4.13. The molecule has 0 aromatic heterocycles. The topological polar surface area (TPSA) is 75.3 Å². The maximum atomic E-state index is 11.3. The number of imide groups is 2. The molecule has 0 unspecified atom stereocenters. The number of rotatable bonds is 4. The van der Waals surface area contributed by atoms with Crippen molar-refractivity contribution in [2.24, 2.45) is 11.8 Å². The van der Waals surface area contributed by atoms with Crippen molar-refractivity contribution in [3.8, 4) is 0 Å². The van der Waals surface area contributed by atoms with E-state index in [-0.39, 0.29) is 0 Å². The van der Waals surface area contributed by atoms with E-state index in [1.54, 1.807) is 6.08 Å². The molecule has 1 heterocycles. The van der Waals surface area contributed by atoms with E-state index in [1.165, 1.54) is 0 Å². The molecule has 0 spiro atoms. The van der Waals surface area contributed by atoms with Gasteiger partial charge in [-0.2, -0.15) is 0 Å². The molecule has 0 saturated carbocycles. The Labute approximate surface area is 94.3 Å². The summed E-state index contributed by atoms with van der Waals surface area (Å²) in [7, 11) is 0. The van der Waals surface area contributed by atoms with Crippen molar-refractivity contribution in [1.82, 2.24) is 10.6 Å². The maximum absolute atomic E-state index is 11.3. The molecule has 16 heavy (non-hydrogen) atoms. The monoisotopic (exact) mass is 224 g/mol. The number of amides is 4. The van der Waals surface area contributed by atoms with Crippen molar-refractivity contribution >= 4 is 17.8 Å². The van der Waals surface area contributed by atoms with Crippen LogP contribution in [0.4, 0.5) is 4.79 Å². The van der Waals surface area contributed by atoms with Gasteiger partial charge in [-0.3, -0.25) is 20.2 Å². The molecule has 0 atom stereocenters. The standard InChI is InChI=1S/C11H16N2O3/c1-7(2)5-3-4-6-8-9(14)12-11(16)13-10(8)15/h3-4,7-8H,5-6H2,1-2H3,(H2,12,13,14,15,16). The fourth-order valence-electron chi connectivity index (χ4n) is 1.36. The van der Waals surface area contributed by atoms with Crippen LogP contribution in [0.25, 0.3) is 0 Å². The van der Waals surface area contributed by atoms with E-state index in [9.17, 15) is 14.4 Å². The van der Waals surface area contributed by atoms with E-state index >= 15 is 0 Å². The fourth-order valence-corrected chi connectivity index (χ4v) is 1.36. The lowest BCUT2D eigenvalue weighted by atomic mass is 10.0. The van der Waals surface area contributed by atoms with Crippen LogP contribution in [0, 0.1) is 11.8 Å². The van der Waals surface area contributed by atoms with Crippen molar-refractivity contribution in [3.63, 3.8) is 0 Å². The Bertz CT molecular complexity index is 314. The SMILES string of the molecule is CC(C)CC=CCC1C(=O)NC(=O)NC1=O. The van der Waals surface area contributed by atoms with Crippen LogP contribution in [0.1, 0.15) is 26.7 Å². The van der Waals surface area contributed by atoms with Gasteiger partial charge >= 0.3 is 6.03 Å². The highest BCUT2D eigenvalue weighted by molar-refractivity contribution is 6.16. The predicted molar refractivity (Wildman–Crippen MR) is 58.4 cm³/mol. The van der Waals surface area contributed by atoms with Gasteiger partial charge in [-0.1, -0.05) is 26.0 Å². The average Bonchev–Trinajstić information content (AvgIpc) is 2.14. The highest BCUT2D eigenvalue weighted by atomic mass is 16.2. The maximum Gasteiger partial charge on any atom is 0.328 e. The molecule has 0 aromatic carbocycles. The molecule has 2 N–H and O–H groups in total. The summed E-state index contributed by atoms with van der Waals surface area (Å²) in [6.45, 7) is 4.17. The van der Waals surface area contributed by atoms with Gasteiger partial charge in [-0.15, -0.1) is 0 Å². The molecule has 1 aliphatic rings. The number of hydrogen-bond acceptors (Lipinski definition) is 3. The fraction of sp³-hybridized carbons (Fsp3) is 0.545. The second-order valence-corrected chi connectivity index (χ2v) is 4.20. The van der Waals surface area contributed by atoms with Gasteiger partial charge in [-0.05, 0) is 18.8 Å². The number of carbonyl (C=O) groups excluding carboxylic acids is 3. The average molecular weight is 224 g/mol. The summed E-state index contributed by atoms with van der Waals surface area (Å²) in [5.41, 5.74) is 0. The van der Waals surface area contributed by atoms with Crippen molar-refractivity contribution in [3.05, 3.63) is 12.2 Å². The number of urea groups is 1. The summed E-state index contributed by atoms with van der Waals surface area (Å²) in [5.74, 6) is -1.29. The number of barbiturate groups is 1. The first-order valence-corrected chi connectivity index (χ1v) is 5.31. The first-order chi connectivity index (χ1) is 7.50. The van der Waals surface area contributed by atoms with E-state index in [0.29, 0.717) is 12.3 Å². The summed E-state index contributed by atoms with van der Waals surface area (Å²) < 4.78 is 0. The Morgan fingerprint density at radius 1 is 1.12 bits per heavy atom. The number of carbonyl (C=O) groups is 3. The molecule has 1 saturated heterocycles. The van der Waals surface area contributed by atoms with Gasteiger partial charge in [0.2, 0.25) is 11.8 Å². The van der Waals surface area contributed by atoms with Crippen LogP contribution in [0.15, 0.2) is 12.2 Å². The van der Waals surface area contributed by atoms with Crippen molar-refractivity contribution in [2.45, 2.75) is 26.7 Å². The van der Waals surface area contributed by atoms with Gasteiger partial charge in [-0.25, -0.2) is 4.79 Å². The minimum absolute atomic E-state index is 0.331. The molecule has 0 aromatic rings. The minimum Gasteiger partial charge on any atom is -0.277 e. The number of hydrogen-bond donors (Lipinski definition) is 2. The lowest BCUT2D eigenvalue weighted by Crippen LogP contribution is -2.55. The second kappa shape index (κ2) is 5.44. The third-order valence-electron chi connectivity index (χ3n) is 2.25. The quantitative estimate of drug-likeness (QED) is 0.551. The summed E-state index contributed by atoms with van der Waals surface area (Å²) in [6.07, 6.45) is 4.99. The minimum atomic E-state index is -0.791.